The predicted molar refractivity (Wildman–Crippen MR) is 97.8 cm³/mol. The molecule has 0 saturated heterocycles. The molecule has 9 nitrogen and oxygen atoms in total. The third-order valence-corrected chi connectivity index (χ3v) is 3.04. The SMILES string of the molecule is O=C(O)CCC(=O)NCCOCCOCCOCCOCCOCCS. The topological polar surface area (TPSA) is 113 Å². The number of carboxylic acids is 1. The average Bonchev–Trinajstić information content (AvgIpc) is 2.62. The van der Waals surface area contributed by atoms with Crippen LogP contribution in [0.15, 0.2) is 0 Å². The van der Waals surface area contributed by atoms with Crippen LogP contribution in [0.5, 0.6) is 0 Å². The lowest BCUT2D eigenvalue weighted by Crippen LogP contribution is -2.27. The molecule has 26 heavy (non-hydrogen) atoms. The van der Waals surface area contributed by atoms with Crippen LogP contribution in [0.1, 0.15) is 12.8 Å². The molecule has 0 atom stereocenters. The van der Waals surface area contributed by atoms with Crippen molar-refractivity contribution in [2.24, 2.45) is 0 Å². The van der Waals surface area contributed by atoms with Gasteiger partial charge in [0.2, 0.25) is 5.91 Å². The number of aliphatic carboxylic acids is 1. The summed E-state index contributed by atoms with van der Waals surface area (Å²) in [6, 6.07) is 0. The second-order valence-electron chi connectivity index (χ2n) is 5.03. The molecule has 0 aliphatic heterocycles. The van der Waals surface area contributed by atoms with E-state index in [0.717, 1.165) is 0 Å². The molecule has 10 heteroatoms. The zero-order chi connectivity index (χ0) is 19.3. The molecule has 0 unspecified atom stereocenters. The van der Waals surface area contributed by atoms with Gasteiger partial charge in [0.1, 0.15) is 0 Å². The van der Waals surface area contributed by atoms with Crippen molar-refractivity contribution >= 4 is 24.5 Å². The summed E-state index contributed by atoms with van der Waals surface area (Å²) in [5.41, 5.74) is 0. The van der Waals surface area contributed by atoms with Gasteiger partial charge in [0, 0.05) is 18.7 Å². The van der Waals surface area contributed by atoms with E-state index in [0.29, 0.717) is 78.4 Å². The van der Waals surface area contributed by atoms with Gasteiger partial charge in [-0.1, -0.05) is 0 Å². The van der Waals surface area contributed by atoms with Crippen LogP contribution in [0.4, 0.5) is 0 Å². The van der Waals surface area contributed by atoms with Crippen molar-refractivity contribution in [2.45, 2.75) is 12.8 Å². The first-order valence-electron chi connectivity index (χ1n) is 8.65. The lowest BCUT2D eigenvalue weighted by molar-refractivity contribution is -0.138. The van der Waals surface area contributed by atoms with Crippen LogP contribution in [0, 0.1) is 0 Å². The van der Waals surface area contributed by atoms with Gasteiger partial charge < -0.3 is 34.1 Å². The van der Waals surface area contributed by atoms with Gasteiger partial charge in [-0.25, -0.2) is 0 Å². The van der Waals surface area contributed by atoms with Crippen molar-refractivity contribution in [3.05, 3.63) is 0 Å². The monoisotopic (exact) mass is 397 g/mol. The Bertz CT molecular complexity index is 346. The Balaban J connectivity index is 3.09. The highest BCUT2D eigenvalue weighted by Gasteiger charge is 2.04. The Morgan fingerprint density at radius 2 is 1.12 bits per heavy atom. The fraction of sp³-hybridized carbons (Fsp3) is 0.875. The number of nitrogens with one attached hydrogen (secondary N) is 1. The molecule has 154 valence electrons. The molecule has 0 spiro atoms. The number of thiol groups is 1. The molecule has 0 radical (unpaired) electrons. The van der Waals surface area contributed by atoms with Crippen molar-refractivity contribution < 1.29 is 38.4 Å². The van der Waals surface area contributed by atoms with E-state index in [2.05, 4.69) is 17.9 Å². The molecular formula is C16H31NO8S. The van der Waals surface area contributed by atoms with Gasteiger partial charge >= 0.3 is 5.97 Å². The van der Waals surface area contributed by atoms with Crippen LogP contribution < -0.4 is 5.32 Å². The molecule has 0 aromatic rings. The summed E-state index contributed by atoms with van der Waals surface area (Å²) in [7, 11) is 0. The second kappa shape index (κ2) is 20.4. The number of hydrogen-bond donors (Lipinski definition) is 3. The fourth-order valence-corrected chi connectivity index (χ4v) is 1.75. The largest absolute Gasteiger partial charge is 0.481 e. The fourth-order valence-electron chi connectivity index (χ4n) is 1.62. The summed E-state index contributed by atoms with van der Waals surface area (Å²) in [6.07, 6.45) is -0.188. The van der Waals surface area contributed by atoms with E-state index in [1.165, 1.54) is 0 Å². The summed E-state index contributed by atoms with van der Waals surface area (Å²) >= 11 is 4.03. The zero-order valence-electron chi connectivity index (χ0n) is 15.2. The number of rotatable bonds is 20. The van der Waals surface area contributed by atoms with E-state index in [1.807, 2.05) is 0 Å². The van der Waals surface area contributed by atoms with Gasteiger partial charge in [-0.3, -0.25) is 9.59 Å². The van der Waals surface area contributed by atoms with E-state index in [1.54, 1.807) is 0 Å². The van der Waals surface area contributed by atoms with Crippen LogP contribution in [-0.4, -0.2) is 95.3 Å². The minimum atomic E-state index is -0.987. The van der Waals surface area contributed by atoms with E-state index < -0.39 is 5.97 Å². The third kappa shape index (κ3) is 21.1. The first-order valence-corrected chi connectivity index (χ1v) is 9.28. The molecule has 0 aliphatic rings. The molecule has 2 N–H and O–H groups in total. The van der Waals surface area contributed by atoms with E-state index in [9.17, 15) is 9.59 Å². The molecule has 0 aromatic heterocycles. The molecule has 0 heterocycles. The van der Waals surface area contributed by atoms with Gasteiger partial charge in [0.05, 0.1) is 72.5 Å². The summed E-state index contributed by atoms with van der Waals surface area (Å²) in [4.78, 5) is 21.5. The Labute approximate surface area is 160 Å². The zero-order valence-corrected chi connectivity index (χ0v) is 16.0. The number of amides is 1. The lowest BCUT2D eigenvalue weighted by Gasteiger charge is -2.08. The van der Waals surface area contributed by atoms with E-state index >= 15 is 0 Å². The average molecular weight is 397 g/mol. The second-order valence-corrected chi connectivity index (χ2v) is 5.48. The predicted octanol–water partition coefficient (Wildman–Crippen LogP) is -0.0198. The van der Waals surface area contributed by atoms with E-state index in [-0.39, 0.29) is 18.7 Å². The highest BCUT2D eigenvalue weighted by Crippen LogP contribution is 1.88. The highest BCUT2D eigenvalue weighted by atomic mass is 32.1. The number of carboxylic acid groups (broad SMARTS) is 1. The molecule has 1 amide bonds. The first kappa shape index (κ1) is 25.1. The molecule has 0 rings (SSSR count). The summed E-state index contributed by atoms with van der Waals surface area (Å²) in [6.45, 7) is 5.29. The number of carbonyl (C=O) groups excluding carboxylic acids is 1. The molecule has 0 saturated carbocycles. The van der Waals surface area contributed by atoms with Crippen molar-refractivity contribution in [1.29, 1.82) is 0 Å². The summed E-state index contributed by atoms with van der Waals surface area (Å²) in [5, 5.41) is 11.0. The van der Waals surface area contributed by atoms with Gasteiger partial charge in [0.15, 0.2) is 0 Å². The summed E-state index contributed by atoms with van der Waals surface area (Å²) < 4.78 is 26.5. The molecule has 0 aliphatic carbocycles. The maximum absolute atomic E-state index is 11.2. The van der Waals surface area contributed by atoms with Crippen LogP contribution >= 0.6 is 12.6 Å². The Kier molecular flexibility index (Phi) is 19.7. The Hall–Kier alpha value is -0.910. The number of hydrogen-bond acceptors (Lipinski definition) is 8. The van der Waals surface area contributed by atoms with Crippen LogP contribution in [0.25, 0.3) is 0 Å². The minimum absolute atomic E-state index is 0.0205. The highest BCUT2D eigenvalue weighted by molar-refractivity contribution is 7.80. The molecular weight excluding hydrogens is 366 g/mol. The smallest absolute Gasteiger partial charge is 0.303 e. The Morgan fingerprint density at radius 3 is 1.54 bits per heavy atom. The van der Waals surface area contributed by atoms with Crippen molar-refractivity contribution in [3.8, 4) is 0 Å². The van der Waals surface area contributed by atoms with Gasteiger partial charge in [-0.05, 0) is 0 Å². The quantitative estimate of drug-likeness (QED) is 0.194. The van der Waals surface area contributed by atoms with Crippen molar-refractivity contribution in [3.63, 3.8) is 0 Å². The molecule has 0 aromatic carbocycles. The van der Waals surface area contributed by atoms with Crippen molar-refractivity contribution in [2.75, 3.05) is 78.4 Å². The van der Waals surface area contributed by atoms with Crippen LogP contribution in [0.3, 0.4) is 0 Å². The van der Waals surface area contributed by atoms with Gasteiger partial charge in [-0.15, -0.1) is 0 Å². The van der Waals surface area contributed by atoms with E-state index in [4.69, 9.17) is 28.8 Å². The van der Waals surface area contributed by atoms with Crippen LogP contribution in [-0.2, 0) is 33.3 Å². The number of carbonyl (C=O) groups is 2. The molecule has 0 bridgehead atoms. The maximum Gasteiger partial charge on any atom is 0.303 e. The minimum Gasteiger partial charge on any atom is -0.481 e. The Morgan fingerprint density at radius 1 is 0.692 bits per heavy atom. The summed E-state index contributed by atoms with van der Waals surface area (Å²) in [5.74, 6) is -0.572. The first-order chi connectivity index (χ1) is 12.7. The number of ether oxygens (including phenoxy) is 5. The standard InChI is InChI=1S/C16H31NO8S/c18-15(1-2-16(19)20)17-3-4-21-5-6-22-7-8-23-9-10-24-11-12-25-13-14-26/h26H,1-14H2,(H,17,18)(H,19,20). The lowest BCUT2D eigenvalue weighted by atomic mass is 10.3. The van der Waals surface area contributed by atoms with Gasteiger partial charge in [0.25, 0.3) is 0 Å². The normalized spacial score (nSPS) is 10.8. The third-order valence-electron chi connectivity index (χ3n) is 2.86. The maximum atomic E-state index is 11.2. The van der Waals surface area contributed by atoms with Gasteiger partial charge in [-0.2, -0.15) is 12.6 Å². The van der Waals surface area contributed by atoms with Crippen LogP contribution in [0.2, 0.25) is 0 Å². The molecule has 0 fully saturated rings. The van der Waals surface area contributed by atoms with Crippen molar-refractivity contribution in [1.82, 2.24) is 5.32 Å².